The maximum absolute atomic E-state index is 12.5. The molecule has 0 spiro atoms. The van der Waals surface area contributed by atoms with Gasteiger partial charge in [0.2, 0.25) is 0 Å². The molecular weight excluding hydrogens is 324 g/mol. The van der Waals surface area contributed by atoms with Crippen molar-refractivity contribution in [2.75, 3.05) is 32.8 Å². The van der Waals surface area contributed by atoms with E-state index in [-0.39, 0.29) is 11.9 Å². The lowest BCUT2D eigenvalue weighted by Crippen LogP contribution is -2.43. The maximum Gasteiger partial charge on any atom is 0.251 e. The van der Waals surface area contributed by atoms with Crippen molar-refractivity contribution in [3.05, 3.63) is 70.8 Å². The van der Waals surface area contributed by atoms with Crippen molar-refractivity contribution in [2.45, 2.75) is 26.3 Å². The van der Waals surface area contributed by atoms with E-state index in [0.717, 1.165) is 38.3 Å². The number of nitrogens with zero attached hydrogens (tertiary/aromatic N) is 1. The van der Waals surface area contributed by atoms with Crippen molar-refractivity contribution in [1.82, 2.24) is 10.2 Å². The van der Waals surface area contributed by atoms with Gasteiger partial charge in [0, 0.05) is 25.2 Å². The van der Waals surface area contributed by atoms with Crippen molar-refractivity contribution >= 4 is 5.91 Å². The fourth-order valence-electron chi connectivity index (χ4n) is 3.32. The fraction of sp³-hybridized carbons (Fsp3) is 0.409. The standard InChI is InChI=1S/C22H28N2O2/c1-3-18-6-10-19(11-7-18)21(24-12-14-26-15-13-24)16-23-22(25)20-8-4-17(2)5-9-20/h4-11,21H,3,12-16H2,1-2H3,(H,23,25)/t21-/m0/s1. The molecular formula is C22H28N2O2. The number of ether oxygens (including phenoxy) is 1. The summed E-state index contributed by atoms with van der Waals surface area (Å²) in [6, 6.07) is 16.6. The van der Waals surface area contributed by atoms with Crippen molar-refractivity contribution in [3.63, 3.8) is 0 Å². The van der Waals surface area contributed by atoms with Crippen molar-refractivity contribution < 1.29 is 9.53 Å². The van der Waals surface area contributed by atoms with Gasteiger partial charge in [0.1, 0.15) is 0 Å². The summed E-state index contributed by atoms with van der Waals surface area (Å²) >= 11 is 0. The number of carbonyl (C=O) groups is 1. The van der Waals surface area contributed by atoms with Gasteiger partial charge >= 0.3 is 0 Å². The van der Waals surface area contributed by atoms with Crippen molar-refractivity contribution in [3.8, 4) is 0 Å². The van der Waals surface area contributed by atoms with Gasteiger partial charge in [0.15, 0.2) is 0 Å². The molecule has 4 heteroatoms. The molecule has 1 atom stereocenters. The number of hydrogen-bond donors (Lipinski definition) is 1. The summed E-state index contributed by atoms with van der Waals surface area (Å²) < 4.78 is 5.50. The second-order valence-electron chi connectivity index (χ2n) is 6.84. The number of hydrogen-bond acceptors (Lipinski definition) is 3. The Morgan fingerprint density at radius 1 is 1.08 bits per heavy atom. The second-order valence-corrected chi connectivity index (χ2v) is 6.84. The first-order chi connectivity index (χ1) is 12.7. The molecule has 1 saturated heterocycles. The summed E-state index contributed by atoms with van der Waals surface area (Å²) in [6.07, 6.45) is 1.03. The normalized spacial score (nSPS) is 16.2. The lowest BCUT2D eigenvalue weighted by atomic mass is 10.0. The van der Waals surface area contributed by atoms with Gasteiger partial charge in [-0.3, -0.25) is 9.69 Å². The Morgan fingerprint density at radius 2 is 1.73 bits per heavy atom. The highest BCUT2D eigenvalue weighted by Gasteiger charge is 2.23. The summed E-state index contributed by atoms with van der Waals surface area (Å²) in [5, 5.41) is 3.12. The molecule has 1 aliphatic heterocycles. The zero-order chi connectivity index (χ0) is 18.4. The largest absolute Gasteiger partial charge is 0.379 e. The Morgan fingerprint density at radius 3 is 2.35 bits per heavy atom. The van der Waals surface area contributed by atoms with Crippen LogP contribution in [0.5, 0.6) is 0 Å². The van der Waals surface area contributed by atoms with Gasteiger partial charge in [-0.05, 0) is 36.6 Å². The molecule has 4 nitrogen and oxygen atoms in total. The van der Waals surface area contributed by atoms with Crippen molar-refractivity contribution in [1.29, 1.82) is 0 Å². The Balaban J connectivity index is 1.72. The second kappa shape index (κ2) is 8.97. The Bertz CT molecular complexity index is 704. The molecule has 0 radical (unpaired) electrons. The summed E-state index contributed by atoms with van der Waals surface area (Å²) in [7, 11) is 0. The molecule has 138 valence electrons. The number of rotatable bonds is 6. The third-order valence-corrected chi connectivity index (χ3v) is 5.03. The molecule has 1 aliphatic rings. The van der Waals surface area contributed by atoms with Crippen LogP contribution >= 0.6 is 0 Å². The molecule has 0 aliphatic carbocycles. The SMILES string of the molecule is CCc1ccc([C@H](CNC(=O)c2ccc(C)cc2)N2CCOCC2)cc1. The Hall–Kier alpha value is -2.17. The molecule has 1 N–H and O–H groups in total. The smallest absolute Gasteiger partial charge is 0.251 e. The highest BCUT2D eigenvalue weighted by molar-refractivity contribution is 5.94. The first kappa shape index (κ1) is 18.6. The molecule has 1 heterocycles. The lowest BCUT2D eigenvalue weighted by Gasteiger charge is -2.35. The molecule has 1 amide bonds. The summed E-state index contributed by atoms with van der Waals surface area (Å²) in [5.41, 5.74) is 4.44. The van der Waals surface area contributed by atoms with Crippen LogP contribution in [0.3, 0.4) is 0 Å². The minimum absolute atomic E-state index is 0.0200. The van der Waals surface area contributed by atoms with E-state index in [1.807, 2.05) is 31.2 Å². The van der Waals surface area contributed by atoms with Gasteiger partial charge in [-0.2, -0.15) is 0 Å². The minimum Gasteiger partial charge on any atom is -0.379 e. The average Bonchev–Trinajstić information content (AvgIpc) is 2.70. The van der Waals surface area contributed by atoms with Crippen LogP contribution in [0.25, 0.3) is 0 Å². The molecule has 1 fully saturated rings. The van der Waals surface area contributed by atoms with Crippen LogP contribution < -0.4 is 5.32 Å². The van der Waals surface area contributed by atoms with E-state index in [1.54, 1.807) is 0 Å². The van der Waals surface area contributed by atoms with Crippen LogP contribution in [0.15, 0.2) is 48.5 Å². The number of benzene rings is 2. The summed E-state index contributed by atoms with van der Waals surface area (Å²) in [4.78, 5) is 14.9. The highest BCUT2D eigenvalue weighted by Crippen LogP contribution is 2.22. The third-order valence-electron chi connectivity index (χ3n) is 5.03. The van der Waals surface area contributed by atoms with E-state index in [2.05, 4.69) is 41.4 Å². The van der Waals surface area contributed by atoms with Crippen LogP contribution in [0, 0.1) is 6.92 Å². The van der Waals surface area contributed by atoms with Gasteiger partial charge in [-0.1, -0.05) is 48.9 Å². The molecule has 3 rings (SSSR count). The van der Waals surface area contributed by atoms with E-state index >= 15 is 0 Å². The van der Waals surface area contributed by atoms with Gasteiger partial charge in [-0.25, -0.2) is 0 Å². The fourth-order valence-corrected chi connectivity index (χ4v) is 3.32. The maximum atomic E-state index is 12.5. The predicted octanol–water partition coefficient (Wildman–Crippen LogP) is 3.36. The monoisotopic (exact) mass is 352 g/mol. The average molecular weight is 352 g/mol. The van der Waals surface area contributed by atoms with Crippen LogP contribution in [-0.4, -0.2) is 43.7 Å². The van der Waals surface area contributed by atoms with Crippen LogP contribution in [0.4, 0.5) is 0 Å². The van der Waals surface area contributed by atoms with E-state index in [4.69, 9.17) is 4.74 Å². The highest BCUT2D eigenvalue weighted by atomic mass is 16.5. The summed E-state index contributed by atoms with van der Waals surface area (Å²) in [6.45, 7) is 8.05. The first-order valence-corrected chi connectivity index (χ1v) is 9.43. The zero-order valence-corrected chi connectivity index (χ0v) is 15.7. The van der Waals surface area contributed by atoms with Gasteiger partial charge < -0.3 is 10.1 Å². The quantitative estimate of drug-likeness (QED) is 0.867. The molecule has 2 aromatic carbocycles. The Kier molecular flexibility index (Phi) is 6.42. The molecule has 0 bridgehead atoms. The number of morpholine rings is 1. The molecule has 26 heavy (non-hydrogen) atoms. The number of amides is 1. The van der Waals surface area contributed by atoms with Crippen LogP contribution in [0.2, 0.25) is 0 Å². The number of carbonyl (C=O) groups excluding carboxylic acids is 1. The number of nitrogens with one attached hydrogen (secondary N) is 1. The molecule has 0 aromatic heterocycles. The molecule has 0 saturated carbocycles. The van der Waals surface area contributed by atoms with Gasteiger partial charge in [-0.15, -0.1) is 0 Å². The van der Waals surface area contributed by atoms with E-state index in [9.17, 15) is 4.79 Å². The minimum atomic E-state index is -0.0200. The van der Waals surface area contributed by atoms with Crippen molar-refractivity contribution in [2.24, 2.45) is 0 Å². The van der Waals surface area contributed by atoms with E-state index in [0.29, 0.717) is 12.1 Å². The Labute approximate surface area is 156 Å². The van der Waals surface area contributed by atoms with E-state index < -0.39 is 0 Å². The molecule has 0 unspecified atom stereocenters. The first-order valence-electron chi connectivity index (χ1n) is 9.43. The number of aryl methyl sites for hydroxylation is 2. The molecule has 2 aromatic rings. The van der Waals surface area contributed by atoms with E-state index in [1.165, 1.54) is 11.1 Å². The van der Waals surface area contributed by atoms with Crippen LogP contribution in [-0.2, 0) is 11.2 Å². The predicted molar refractivity (Wildman–Crippen MR) is 104 cm³/mol. The van der Waals surface area contributed by atoms with Gasteiger partial charge in [0.05, 0.1) is 19.3 Å². The third kappa shape index (κ3) is 4.71. The summed E-state index contributed by atoms with van der Waals surface area (Å²) in [5.74, 6) is -0.0200. The zero-order valence-electron chi connectivity index (χ0n) is 15.7. The lowest BCUT2D eigenvalue weighted by molar-refractivity contribution is 0.0162. The van der Waals surface area contributed by atoms with Gasteiger partial charge in [0.25, 0.3) is 5.91 Å². The topological polar surface area (TPSA) is 41.6 Å². The van der Waals surface area contributed by atoms with Crippen LogP contribution in [0.1, 0.15) is 40.0 Å².